The van der Waals surface area contributed by atoms with Crippen molar-refractivity contribution in [1.29, 1.82) is 0 Å². The minimum atomic E-state index is -0.783. The molecular weight excluding hydrogens is 232 g/mol. The topological polar surface area (TPSA) is 69.6 Å². The maximum absolute atomic E-state index is 11.7. The van der Waals surface area contributed by atoms with E-state index in [1.54, 1.807) is 0 Å². The van der Waals surface area contributed by atoms with Gasteiger partial charge in [0.15, 0.2) is 0 Å². The molecule has 1 aliphatic rings. The summed E-state index contributed by atoms with van der Waals surface area (Å²) in [6.07, 6.45) is 3.12. The van der Waals surface area contributed by atoms with Crippen LogP contribution in [-0.2, 0) is 9.59 Å². The van der Waals surface area contributed by atoms with Gasteiger partial charge in [0, 0.05) is 12.6 Å². The first-order chi connectivity index (χ1) is 8.49. The van der Waals surface area contributed by atoms with E-state index in [0.29, 0.717) is 19.0 Å². The Kier molecular flexibility index (Phi) is 6.12. The molecule has 1 amide bonds. The molecule has 1 saturated heterocycles. The first-order valence-electron chi connectivity index (χ1n) is 6.71. The second kappa shape index (κ2) is 7.36. The second-order valence-corrected chi connectivity index (χ2v) is 5.42. The molecule has 0 aliphatic carbocycles. The summed E-state index contributed by atoms with van der Waals surface area (Å²) in [6.45, 7) is 5.93. The van der Waals surface area contributed by atoms with Crippen molar-refractivity contribution >= 4 is 11.9 Å². The van der Waals surface area contributed by atoms with Crippen molar-refractivity contribution in [1.82, 2.24) is 10.2 Å². The van der Waals surface area contributed by atoms with Crippen molar-refractivity contribution in [2.75, 3.05) is 19.6 Å². The quantitative estimate of drug-likeness (QED) is 0.746. The molecule has 1 rings (SSSR count). The van der Waals surface area contributed by atoms with Crippen molar-refractivity contribution in [3.05, 3.63) is 0 Å². The number of piperidine rings is 1. The number of carbonyl (C=O) groups is 2. The Hall–Kier alpha value is -1.10. The summed E-state index contributed by atoms with van der Waals surface area (Å²) in [5.74, 6) is -0.347. The molecule has 0 unspecified atom stereocenters. The Morgan fingerprint density at radius 3 is 2.72 bits per heavy atom. The van der Waals surface area contributed by atoms with Crippen LogP contribution in [-0.4, -0.2) is 47.6 Å². The fourth-order valence-electron chi connectivity index (χ4n) is 2.26. The van der Waals surface area contributed by atoms with E-state index < -0.39 is 5.97 Å². The summed E-state index contributed by atoms with van der Waals surface area (Å²) >= 11 is 0. The summed E-state index contributed by atoms with van der Waals surface area (Å²) in [5, 5.41) is 11.7. The highest BCUT2D eigenvalue weighted by Crippen LogP contribution is 2.19. The van der Waals surface area contributed by atoms with Gasteiger partial charge in [-0.05, 0) is 25.3 Å². The number of carboxylic acid groups (broad SMARTS) is 1. The number of likely N-dealkylation sites (tertiary alicyclic amines) is 1. The normalized spacial score (nSPS) is 20.9. The predicted molar refractivity (Wildman–Crippen MR) is 69.3 cm³/mol. The molecule has 0 aromatic heterocycles. The molecule has 1 aliphatic heterocycles. The zero-order valence-corrected chi connectivity index (χ0v) is 11.3. The van der Waals surface area contributed by atoms with Gasteiger partial charge in [0.25, 0.3) is 0 Å². The van der Waals surface area contributed by atoms with E-state index in [2.05, 4.69) is 19.2 Å². The number of hydrogen-bond acceptors (Lipinski definition) is 3. The fraction of sp³-hybridized carbons (Fsp3) is 0.846. The molecule has 0 aromatic carbocycles. The maximum Gasteiger partial charge on any atom is 0.304 e. The molecule has 5 heteroatoms. The third-order valence-electron chi connectivity index (χ3n) is 3.21. The van der Waals surface area contributed by atoms with Crippen LogP contribution in [0.4, 0.5) is 0 Å². The maximum atomic E-state index is 11.7. The van der Waals surface area contributed by atoms with Gasteiger partial charge in [-0.25, -0.2) is 0 Å². The van der Waals surface area contributed by atoms with E-state index in [0.717, 1.165) is 25.8 Å². The molecular formula is C13H24N2O3. The van der Waals surface area contributed by atoms with Gasteiger partial charge in [-0.3, -0.25) is 14.5 Å². The van der Waals surface area contributed by atoms with Crippen molar-refractivity contribution in [2.24, 2.45) is 5.92 Å². The molecule has 1 atom stereocenters. The van der Waals surface area contributed by atoms with Crippen LogP contribution in [0.5, 0.6) is 0 Å². The minimum absolute atomic E-state index is 0.000916. The SMILES string of the molecule is CC(C)CNC(=O)CN1CCCC[C@@H]1CC(=O)O. The molecule has 0 radical (unpaired) electrons. The summed E-state index contributed by atoms with van der Waals surface area (Å²) in [7, 11) is 0. The van der Waals surface area contributed by atoms with Gasteiger partial charge in [0.2, 0.25) is 5.91 Å². The second-order valence-electron chi connectivity index (χ2n) is 5.42. The third kappa shape index (κ3) is 5.49. The van der Waals surface area contributed by atoms with Crippen LogP contribution in [0.25, 0.3) is 0 Å². The summed E-state index contributed by atoms with van der Waals surface area (Å²) in [4.78, 5) is 24.5. The number of carbonyl (C=O) groups excluding carboxylic acids is 1. The van der Waals surface area contributed by atoms with Gasteiger partial charge in [-0.15, -0.1) is 0 Å². The number of hydrogen-bond donors (Lipinski definition) is 2. The van der Waals surface area contributed by atoms with Crippen molar-refractivity contribution in [2.45, 2.75) is 45.6 Å². The van der Waals surface area contributed by atoms with Gasteiger partial charge in [0.05, 0.1) is 13.0 Å². The predicted octanol–water partition coefficient (Wildman–Crippen LogP) is 1.09. The van der Waals surface area contributed by atoms with Crippen LogP contribution < -0.4 is 5.32 Å². The molecule has 0 saturated carbocycles. The molecule has 0 aromatic rings. The van der Waals surface area contributed by atoms with E-state index in [9.17, 15) is 9.59 Å². The van der Waals surface area contributed by atoms with Gasteiger partial charge >= 0.3 is 5.97 Å². The lowest BCUT2D eigenvalue weighted by molar-refractivity contribution is -0.139. The molecule has 18 heavy (non-hydrogen) atoms. The Labute approximate surface area is 109 Å². The van der Waals surface area contributed by atoms with Crippen molar-refractivity contribution in [3.63, 3.8) is 0 Å². The molecule has 5 nitrogen and oxygen atoms in total. The average molecular weight is 256 g/mol. The minimum Gasteiger partial charge on any atom is -0.481 e. The molecule has 0 spiro atoms. The molecule has 1 heterocycles. The van der Waals surface area contributed by atoms with E-state index in [-0.39, 0.29) is 18.4 Å². The van der Waals surface area contributed by atoms with Crippen LogP contribution in [0.15, 0.2) is 0 Å². The number of amides is 1. The van der Waals surface area contributed by atoms with Crippen LogP contribution in [0, 0.1) is 5.92 Å². The molecule has 1 fully saturated rings. The van der Waals surface area contributed by atoms with Crippen LogP contribution in [0.2, 0.25) is 0 Å². The van der Waals surface area contributed by atoms with E-state index in [1.807, 2.05) is 4.90 Å². The standard InChI is InChI=1S/C13H24N2O3/c1-10(2)8-14-12(16)9-15-6-4-3-5-11(15)7-13(17)18/h10-11H,3-9H2,1-2H3,(H,14,16)(H,17,18)/t11-/m1/s1. The van der Waals surface area contributed by atoms with Gasteiger partial charge < -0.3 is 10.4 Å². The molecule has 0 bridgehead atoms. The van der Waals surface area contributed by atoms with Crippen molar-refractivity contribution < 1.29 is 14.7 Å². The number of nitrogens with zero attached hydrogens (tertiary/aromatic N) is 1. The van der Waals surface area contributed by atoms with Crippen LogP contribution in [0.1, 0.15) is 39.5 Å². The number of carboxylic acids is 1. The highest BCUT2D eigenvalue weighted by atomic mass is 16.4. The summed E-state index contributed by atoms with van der Waals surface area (Å²) in [5.41, 5.74) is 0. The lowest BCUT2D eigenvalue weighted by Gasteiger charge is -2.34. The number of aliphatic carboxylic acids is 1. The number of rotatable bonds is 6. The van der Waals surface area contributed by atoms with Gasteiger partial charge in [0.1, 0.15) is 0 Å². The van der Waals surface area contributed by atoms with Crippen LogP contribution >= 0.6 is 0 Å². The Balaban J connectivity index is 2.41. The summed E-state index contributed by atoms with van der Waals surface area (Å²) < 4.78 is 0. The fourth-order valence-corrected chi connectivity index (χ4v) is 2.26. The summed E-state index contributed by atoms with van der Waals surface area (Å²) in [6, 6.07) is 0.0149. The Bertz CT molecular complexity index is 292. The highest BCUT2D eigenvalue weighted by Gasteiger charge is 2.25. The average Bonchev–Trinajstić information content (AvgIpc) is 2.28. The zero-order valence-electron chi connectivity index (χ0n) is 11.3. The zero-order chi connectivity index (χ0) is 13.5. The Morgan fingerprint density at radius 2 is 2.11 bits per heavy atom. The lowest BCUT2D eigenvalue weighted by Crippen LogP contribution is -2.46. The van der Waals surface area contributed by atoms with E-state index >= 15 is 0 Å². The van der Waals surface area contributed by atoms with E-state index in [1.165, 1.54) is 0 Å². The van der Waals surface area contributed by atoms with Gasteiger partial charge in [-0.2, -0.15) is 0 Å². The Morgan fingerprint density at radius 1 is 1.39 bits per heavy atom. The monoisotopic (exact) mass is 256 g/mol. The molecule has 104 valence electrons. The first kappa shape index (κ1) is 15.0. The number of nitrogens with one attached hydrogen (secondary N) is 1. The third-order valence-corrected chi connectivity index (χ3v) is 3.21. The smallest absolute Gasteiger partial charge is 0.304 e. The van der Waals surface area contributed by atoms with E-state index in [4.69, 9.17) is 5.11 Å². The van der Waals surface area contributed by atoms with Gasteiger partial charge in [-0.1, -0.05) is 20.3 Å². The first-order valence-corrected chi connectivity index (χ1v) is 6.71. The van der Waals surface area contributed by atoms with Crippen LogP contribution in [0.3, 0.4) is 0 Å². The highest BCUT2D eigenvalue weighted by molar-refractivity contribution is 5.78. The molecule has 2 N–H and O–H groups in total. The lowest BCUT2D eigenvalue weighted by atomic mass is 9.99. The largest absolute Gasteiger partial charge is 0.481 e. The van der Waals surface area contributed by atoms with Crippen molar-refractivity contribution in [3.8, 4) is 0 Å².